The first-order valence-corrected chi connectivity index (χ1v) is 18.8. The summed E-state index contributed by atoms with van der Waals surface area (Å²) < 4.78 is 25.6. The van der Waals surface area contributed by atoms with E-state index >= 15 is 0 Å². The highest BCUT2D eigenvalue weighted by Crippen LogP contribution is 2.42. The van der Waals surface area contributed by atoms with E-state index in [1.807, 2.05) is 84.9 Å². The van der Waals surface area contributed by atoms with Gasteiger partial charge in [0.2, 0.25) is 0 Å². The minimum absolute atomic E-state index is 0.101. The summed E-state index contributed by atoms with van der Waals surface area (Å²) in [5.41, 5.74) is 0.778. The van der Waals surface area contributed by atoms with Crippen LogP contribution in [0.1, 0.15) is 28.5 Å². The topological polar surface area (TPSA) is 134 Å². The van der Waals surface area contributed by atoms with Crippen molar-refractivity contribution in [1.82, 2.24) is 9.55 Å². The lowest BCUT2D eigenvalue weighted by Gasteiger charge is -2.37. The average molecular weight is 776 g/mol. The summed E-state index contributed by atoms with van der Waals surface area (Å²) >= 11 is 0. The van der Waals surface area contributed by atoms with Crippen LogP contribution < -0.4 is 20.7 Å². The minimum Gasteiger partial charge on any atom is -0.497 e. The highest BCUT2D eigenvalue weighted by atomic mass is 16.6. The molecule has 2 N–H and O–H groups in total. The molecule has 0 aliphatic carbocycles. The predicted octanol–water partition coefficient (Wildman–Crippen LogP) is 7.39. The van der Waals surface area contributed by atoms with Gasteiger partial charge in [-0.15, -0.1) is 0 Å². The van der Waals surface area contributed by atoms with Crippen molar-refractivity contribution in [3.05, 3.63) is 189 Å². The van der Waals surface area contributed by atoms with E-state index in [-0.39, 0.29) is 13.2 Å². The molecule has 0 aliphatic heterocycles. The Morgan fingerprint density at radius 1 is 0.690 bits per heavy atom. The molecule has 1 aromatic heterocycles. The number of rotatable bonds is 16. The maximum absolute atomic E-state index is 12.9. The molecule has 0 spiro atoms. The van der Waals surface area contributed by atoms with Crippen LogP contribution in [0.15, 0.2) is 160 Å². The van der Waals surface area contributed by atoms with Crippen LogP contribution in [0.5, 0.6) is 11.5 Å². The first-order valence-electron chi connectivity index (χ1n) is 18.8. The number of aliphatic hydroxyl groups excluding tert-OH is 1. The molecule has 0 bridgehead atoms. The fraction of sp³-hybridized carbons (Fsp3) is 0.170. The first-order chi connectivity index (χ1) is 28.4. The number of methoxy groups -OCH3 is 2. The van der Waals surface area contributed by atoms with E-state index in [1.165, 1.54) is 17.6 Å². The van der Waals surface area contributed by atoms with E-state index in [4.69, 9.17) is 23.8 Å². The predicted molar refractivity (Wildman–Crippen MR) is 224 cm³/mol. The zero-order valence-electron chi connectivity index (χ0n) is 31.9. The third kappa shape index (κ3) is 7.41. The second kappa shape index (κ2) is 16.7. The van der Waals surface area contributed by atoms with E-state index in [1.54, 1.807) is 20.4 Å². The van der Waals surface area contributed by atoms with Crippen molar-refractivity contribution in [2.75, 3.05) is 34.0 Å². The van der Waals surface area contributed by atoms with Crippen LogP contribution in [-0.2, 0) is 19.9 Å². The van der Waals surface area contributed by atoms with Gasteiger partial charge in [0.25, 0.3) is 5.56 Å². The van der Waals surface area contributed by atoms with Gasteiger partial charge >= 0.3 is 5.69 Å². The molecule has 2 atom stereocenters. The van der Waals surface area contributed by atoms with Gasteiger partial charge in [-0.05, 0) is 73.3 Å². The van der Waals surface area contributed by atoms with Gasteiger partial charge in [-0.25, -0.2) is 4.79 Å². The molecule has 1 heterocycles. The van der Waals surface area contributed by atoms with Crippen LogP contribution in [-0.4, -0.2) is 61.0 Å². The van der Waals surface area contributed by atoms with Crippen molar-refractivity contribution in [2.45, 2.75) is 17.9 Å². The van der Waals surface area contributed by atoms with Crippen molar-refractivity contribution in [3.63, 3.8) is 0 Å². The highest BCUT2D eigenvalue weighted by molar-refractivity contribution is 6.25. The maximum Gasteiger partial charge on any atom is 0.330 e. The number of aromatic amines is 1. The molecular formula is C47H41N3O8. The summed E-state index contributed by atoms with van der Waals surface area (Å²) in [6.45, 7) is -0.821. The molecule has 11 heteroatoms. The van der Waals surface area contributed by atoms with Gasteiger partial charge in [0.15, 0.2) is 6.23 Å². The number of H-pyrrole nitrogens is 1. The van der Waals surface area contributed by atoms with Crippen LogP contribution in [0.3, 0.4) is 0 Å². The third-order valence-corrected chi connectivity index (χ3v) is 10.4. The summed E-state index contributed by atoms with van der Waals surface area (Å²) in [5, 5.41) is 21.7. The molecule has 0 fully saturated rings. The average Bonchev–Trinajstić information content (AvgIpc) is 3.27. The van der Waals surface area contributed by atoms with Crippen LogP contribution in [0.4, 0.5) is 0 Å². The van der Waals surface area contributed by atoms with Crippen molar-refractivity contribution >= 4 is 38.5 Å². The van der Waals surface area contributed by atoms with Crippen LogP contribution in [0.2, 0.25) is 0 Å². The van der Waals surface area contributed by atoms with Gasteiger partial charge in [-0.2, -0.15) is 0 Å². The van der Waals surface area contributed by atoms with Crippen molar-refractivity contribution in [3.8, 4) is 11.5 Å². The molecule has 0 saturated heterocycles. The minimum atomic E-state index is -1.20. The highest BCUT2D eigenvalue weighted by Gasteiger charge is 2.39. The second-order valence-electron chi connectivity index (χ2n) is 13.8. The fourth-order valence-corrected chi connectivity index (χ4v) is 7.58. The number of aliphatic hydroxyl groups is 1. The number of aromatic nitrogens is 2. The molecule has 7 aromatic carbocycles. The number of nitrogens with zero attached hydrogens (tertiary/aromatic N) is 2. The summed E-state index contributed by atoms with van der Waals surface area (Å²) in [5.74, 6) is 1.35. The number of nitrogens with one attached hydrogen (secondary N) is 1. The Hall–Kier alpha value is -6.79. The van der Waals surface area contributed by atoms with E-state index in [9.17, 15) is 14.7 Å². The van der Waals surface area contributed by atoms with Crippen molar-refractivity contribution < 1.29 is 28.9 Å². The largest absolute Gasteiger partial charge is 0.497 e. The molecule has 292 valence electrons. The van der Waals surface area contributed by atoms with Crippen LogP contribution in [0, 0.1) is 0 Å². The van der Waals surface area contributed by atoms with Gasteiger partial charge in [-0.1, -0.05) is 114 Å². The molecule has 0 radical (unpaired) electrons. The fourth-order valence-electron chi connectivity index (χ4n) is 7.58. The number of benzene rings is 7. The van der Waals surface area contributed by atoms with E-state index in [0.717, 1.165) is 53.8 Å². The molecule has 58 heavy (non-hydrogen) atoms. The summed E-state index contributed by atoms with van der Waals surface area (Å²) in [6, 6.07) is 45.1. The molecule has 8 rings (SSSR count). The first kappa shape index (κ1) is 38.1. The molecule has 11 nitrogen and oxygen atoms in total. The Morgan fingerprint density at radius 3 is 1.91 bits per heavy atom. The Kier molecular flexibility index (Phi) is 11.0. The number of hydrogen-bond donors (Lipinski definition) is 2. The number of hydrogen-bond acceptors (Lipinski definition) is 9. The Balaban J connectivity index is 1.15. The Labute approximate surface area is 333 Å². The molecular weight excluding hydrogens is 735 g/mol. The van der Waals surface area contributed by atoms with Gasteiger partial charge in [-0.3, -0.25) is 14.3 Å². The Bertz CT molecular complexity index is 2720. The summed E-state index contributed by atoms with van der Waals surface area (Å²) in [6.07, 6.45) is 0.837. The number of oxime groups is 1. The monoisotopic (exact) mass is 775 g/mol. The van der Waals surface area contributed by atoms with Crippen molar-refractivity contribution in [2.24, 2.45) is 5.16 Å². The number of ether oxygens (including phenoxy) is 4. The molecule has 0 unspecified atom stereocenters. The zero-order chi connectivity index (χ0) is 40.1. The lowest BCUT2D eigenvalue weighted by Crippen LogP contribution is -2.40. The second-order valence-corrected chi connectivity index (χ2v) is 13.8. The van der Waals surface area contributed by atoms with Gasteiger partial charge in [0, 0.05) is 17.8 Å². The van der Waals surface area contributed by atoms with Gasteiger partial charge < -0.3 is 28.9 Å². The summed E-state index contributed by atoms with van der Waals surface area (Å²) in [7, 11) is 3.22. The molecule has 0 saturated carbocycles. The van der Waals surface area contributed by atoms with Gasteiger partial charge in [0.1, 0.15) is 29.8 Å². The molecule has 8 aromatic rings. The van der Waals surface area contributed by atoms with E-state index in [0.29, 0.717) is 11.5 Å². The SMILES string of the molecule is COc1ccc(C(OC[C@H](CO/N=C/c2ccc3ccc4cccc5ccc2c3c45)O[C@H](CO)n2ccc(=O)[nH]c2=O)(c2ccccc2)c2ccc(OC)cc2)cc1. The maximum atomic E-state index is 12.9. The van der Waals surface area contributed by atoms with Crippen LogP contribution in [0.25, 0.3) is 32.3 Å². The lowest BCUT2D eigenvalue weighted by atomic mass is 9.80. The zero-order valence-corrected chi connectivity index (χ0v) is 31.9. The standard InChI is InChI=1S/C47H41N3O8/c1-54-38-20-16-36(17-21-38)47(35-9-4-3-5-10-35,37-18-22-39(55-2)23-19-37)56-29-40(58-43(28-51)50-26-25-42(52)49-46(50)53)30-57-48-27-34-14-13-33-12-11-31-7-6-8-32-15-24-41(34)45(33)44(31)32/h3-27,40,43,51H,28-30H2,1-2H3,(H,49,52,53)/b48-27+/t40-,43-/m1/s1. The smallest absolute Gasteiger partial charge is 0.330 e. The third-order valence-electron chi connectivity index (χ3n) is 10.4. The van der Waals surface area contributed by atoms with E-state index in [2.05, 4.69) is 58.7 Å². The lowest BCUT2D eigenvalue weighted by molar-refractivity contribution is -0.146. The van der Waals surface area contributed by atoms with Gasteiger partial charge in [0.05, 0.1) is 33.6 Å². The molecule has 0 aliphatic rings. The van der Waals surface area contributed by atoms with Crippen molar-refractivity contribution in [1.29, 1.82) is 0 Å². The van der Waals surface area contributed by atoms with E-state index < -0.39 is 35.8 Å². The molecule has 0 amide bonds. The normalized spacial score (nSPS) is 13.0. The van der Waals surface area contributed by atoms with Crippen LogP contribution >= 0.6 is 0 Å². The summed E-state index contributed by atoms with van der Waals surface area (Å²) in [4.78, 5) is 33.0. The Morgan fingerprint density at radius 2 is 1.29 bits per heavy atom. The quantitative estimate of drug-likeness (QED) is 0.0450.